The Bertz CT molecular complexity index is 1130. The van der Waals surface area contributed by atoms with Gasteiger partial charge in [-0.05, 0) is 36.5 Å². The lowest BCUT2D eigenvalue weighted by Gasteiger charge is -2.15. The molecule has 0 unspecified atom stereocenters. The molecule has 0 radical (unpaired) electrons. The van der Waals surface area contributed by atoms with Gasteiger partial charge in [-0.3, -0.25) is 13.9 Å². The van der Waals surface area contributed by atoms with Gasteiger partial charge in [0.05, 0.1) is 22.2 Å². The summed E-state index contributed by atoms with van der Waals surface area (Å²) in [4.78, 5) is 24.8. The molecule has 0 spiro atoms. The van der Waals surface area contributed by atoms with Gasteiger partial charge in [-0.1, -0.05) is 56.4 Å². The Hall–Kier alpha value is -2.38. The normalized spacial score (nSPS) is 14.6. The minimum atomic E-state index is -0.170. The van der Waals surface area contributed by atoms with Crippen LogP contribution < -0.4 is 11.0 Å². The van der Waals surface area contributed by atoms with Crippen molar-refractivity contribution in [2.75, 3.05) is 11.1 Å². The van der Waals surface area contributed by atoms with Crippen molar-refractivity contribution >= 4 is 41.5 Å². The van der Waals surface area contributed by atoms with E-state index in [0.717, 1.165) is 16.3 Å². The van der Waals surface area contributed by atoms with E-state index in [1.807, 2.05) is 44.2 Å². The fraction of sp³-hybridized carbons (Fsp3) is 0.348. The fourth-order valence-electron chi connectivity index (χ4n) is 3.23. The quantitative estimate of drug-likeness (QED) is 0.488. The number of hydrogen-bond acceptors (Lipinski definition) is 5. The van der Waals surface area contributed by atoms with Gasteiger partial charge in [0, 0.05) is 21.1 Å². The van der Waals surface area contributed by atoms with E-state index >= 15 is 0 Å². The Labute approximate surface area is 188 Å². The van der Waals surface area contributed by atoms with Gasteiger partial charge in [-0.2, -0.15) is 0 Å². The average molecular weight is 444 g/mol. The first-order valence-electron chi connectivity index (χ1n) is 10.2. The second-order valence-electron chi connectivity index (χ2n) is 7.09. The van der Waals surface area contributed by atoms with E-state index in [-0.39, 0.29) is 12.9 Å². The van der Waals surface area contributed by atoms with Gasteiger partial charge in [0.15, 0.2) is 5.78 Å². The van der Waals surface area contributed by atoms with Gasteiger partial charge in [0.2, 0.25) is 0 Å². The number of carbonyl (C=O) groups is 1. The van der Waals surface area contributed by atoms with Crippen molar-refractivity contribution in [1.82, 2.24) is 9.13 Å². The molecule has 4 rings (SSSR count). The number of nitrogens with zero attached hydrogens (tertiary/aromatic N) is 2. The van der Waals surface area contributed by atoms with Gasteiger partial charge in [-0.15, -0.1) is 11.8 Å². The van der Waals surface area contributed by atoms with Crippen LogP contribution in [0.5, 0.6) is 0 Å². The minimum absolute atomic E-state index is 0. The number of fused-ring (bicyclic) bond motifs is 1. The topological polar surface area (TPSA) is 56.0 Å². The Morgan fingerprint density at radius 3 is 2.50 bits per heavy atom. The van der Waals surface area contributed by atoms with E-state index in [9.17, 15) is 9.59 Å². The van der Waals surface area contributed by atoms with Crippen molar-refractivity contribution < 1.29 is 6.22 Å². The van der Waals surface area contributed by atoms with Gasteiger partial charge >= 0.3 is 5.69 Å². The first kappa shape index (κ1) is 22.3. The summed E-state index contributed by atoms with van der Waals surface area (Å²) in [5.41, 5.74) is 3.32. The maximum absolute atomic E-state index is 12.6. The van der Waals surface area contributed by atoms with Crippen LogP contribution in [0.3, 0.4) is 0 Å². The molecule has 1 aliphatic heterocycles. The van der Waals surface area contributed by atoms with E-state index in [1.54, 1.807) is 18.7 Å². The number of rotatable bonds is 5. The molecule has 0 atom stereocenters. The molecule has 1 N–H and O–H groups in total. The van der Waals surface area contributed by atoms with Gasteiger partial charge < -0.3 is 5.32 Å². The Morgan fingerprint density at radius 2 is 1.87 bits per heavy atom. The largest absolute Gasteiger partial charge is 0.346 e. The monoisotopic (exact) mass is 443 g/mol. The van der Waals surface area contributed by atoms with Crippen LogP contribution in [0.4, 0.5) is 5.69 Å². The van der Waals surface area contributed by atoms with Crippen molar-refractivity contribution in [3.63, 3.8) is 0 Å². The summed E-state index contributed by atoms with van der Waals surface area (Å²) in [7, 11) is 3.38. The molecule has 30 heavy (non-hydrogen) atoms. The molecule has 5 nitrogen and oxygen atoms in total. The summed E-state index contributed by atoms with van der Waals surface area (Å²) in [6.07, 6.45) is 8.13. The van der Waals surface area contributed by atoms with Crippen molar-refractivity contribution in [2.45, 2.75) is 32.6 Å². The third kappa shape index (κ3) is 4.68. The van der Waals surface area contributed by atoms with Gasteiger partial charge in [0.1, 0.15) is 4.64 Å². The van der Waals surface area contributed by atoms with Gasteiger partial charge in [-0.25, -0.2) is 4.79 Å². The molecule has 0 saturated heterocycles. The molecule has 1 fully saturated rings. The summed E-state index contributed by atoms with van der Waals surface area (Å²) in [5.74, 6) is 1.11. The third-order valence-corrected chi connectivity index (χ3v) is 6.53. The van der Waals surface area contributed by atoms with Crippen LogP contribution in [0.25, 0.3) is 6.08 Å². The molecule has 2 aromatic rings. The minimum Gasteiger partial charge on any atom is -0.346 e. The molecule has 7 heteroatoms. The van der Waals surface area contributed by atoms with Crippen molar-refractivity contribution in [3.05, 3.63) is 73.4 Å². The number of allylic oxidation sites excluding steroid dienone is 2. The predicted molar refractivity (Wildman–Crippen MR) is 131 cm³/mol. The zero-order valence-electron chi connectivity index (χ0n) is 17.8. The highest BCUT2D eigenvalue weighted by Crippen LogP contribution is 2.40. The lowest BCUT2D eigenvalue weighted by atomic mass is 10.1. The number of hydrogen-bond donors (Lipinski definition) is 1. The highest BCUT2D eigenvalue weighted by molar-refractivity contribution is 8.03. The predicted octanol–water partition coefficient (Wildman–Crippen LogP) is 5.50. The smallest absolute Gasteiger partial charge is 0.329 e. The molecule has 160 valence electrons. The summed E-state index contributed by atoms with van der Waals surface area (Å²) in [6, 6.07) is 8.00. The average Bonchev–Trinajstić information content (AvgIpc) is 3.63. The number of carbonyl (C=O) groups excluding carboxylic acids is 1. The third-order valence-electron chi connectivity index (χ3n) is 5.10. The molecule has 1 aromatic carbocycles. The highest BCUT2D eigenvalue weighted by Gasteiger charge is 2.23. The number of nitrogens with one attached hydrogen (secondary N) is 1. The second kappa shape index (κ2) is 9.62. The molecule has 1 saturated carbocycles. The lowest BCUT2D eigenvalue weighted by molar-refractivity contribution is 0.102. The second-order valence-corrected chi connectivity index (χ2v) is 8.49. The maximum atomic E-state index is 12.6. The molecule has 2 heterocycles. The first-order chi connectivity index (χ1) is 14.5. The summed E-state index contributed by atoms with van der Waals surface area (Å²) in [5, 5.41) is 4.12. The van der Waals surface area contributed by atoms with E-state index in [0.29, 0.717) is 22.0 Å². The maximum Gasteiger partial charge on any atom is 0.329 e. The standard InChI is InChI=1S/C21H21N3O2S2.C2H6.H2/c1-23-16-4-3-5-18(22-19(16)20(27)24(2)21(23)26)28-12-17(25)15-10-8-14(9-11-15)13-6-7-13;1-2;/h3-5,8-11,13,22H,6-7,12H2,1-2H3;1-2H3;1H. The first-order valence-corrected chi connectivity index (χ1v) is 11.6. The number of ketones is 1. The van der Waals surface area contributed by atoms with E-state index in [4.69, 9.17) is 12.2 Å². The van der Waals surface area contributed by atoms with Crippen LogP contribution >= 0.6 is 24.0 Å². The summed E-state index contributed by atoms with van der Waals surface area (Å²) in [6.45, 7) is 4.00. The van der Waals surface area contributed by atoms with Crippen molar-refractivity contribution in [2.24, 2.45) is 14.1 Å². The summed E-state index contributed by atoms with van der Waals surface area (Å²) >= 11 is 6.87. The molecule has 0 amide bonds. The van der Waals surface area contributed by atoms with Crippen molar-refractivity contribution in [3.8, 4) is 0 Å². The molecule has 0 bridgehead atoms. The fourth-order valence-corrected chi connectivity index (χ4v) is 4.27. The van der Waals surface area contributed by atoms with E-state index in [1.165, 1.54) is 34.7 Å². The molecule has 1 aliphatic carbocycles. The van der Waals surface area contributed by atoms with Gasteiger partial charge in [0.25, 0.3) is 0 Å². The van der Waals surface area contributed by atoms with Crippen molar-refractivity contribution in [1.29, 1.82) is 0 Å². The lowest BCUT2D eigenvalue weighted by Crippen LogP contribution is -2.30. The van der Waals surface area contributed by atoms with Crippen LogP contribution in [0.1, 0.15) is 55.6 Å². The molecule has 2 aliphatic rings. The van der Waals surface area contributed by atoms with Crippen LogP contribution in [0, 0.1) is 4.64 Å². The number of Topliss-reactive ketones (excluding diaryl/α,β-unsaturated/α-hetero) is 1. The number of aromatic nitrogens is 2. The SMILES string of the molecule is CC.Cn1c2c(c(=S)n(C)c1=O)NC(SCC(=O)c1ccc(C3CC3)cc1)=CC=C2.[HH]. The van der Waals surface area contributed by atoms with E-state index in [2.05, 4.69) is 17.4 Å². The Morgan fingerprint density at radius 1 is 1.20 bits per heavy atom. The molecular weight excluding hydrogens is 414 g/mol. The Balaban J connectivity index is 0.00000111. The summed E-state index contributed by atoms with van der Waals surface area (Å²) < 4.78 is 3.44. The van der Waals surface area contributed by atoms with Crippen LogP contribution in [0.15, 0.2) is 46.2 Å². The number of benzene rings is 1. The molecule has 1 aromatic heterocycles. The highest BCUT2D eigenvalue weighted by atomic mass is 32.2. The molecular formula is C23H29N3O2S2. The van der Waals surface area contributed by atoms with Crippen LogP contribution in [-0.4, -0.2) is 20.7 Å². The number of thioether (sulfide) groups is 1. The zero-order chi connectivity index (χ0) is 21.8. The van der Waals surface area contributed by atoms with Crippen LogP contribution in [0.2, 0.25) is 0 Å². The van der Waals surface area contributed by atoms with E-state index < -0.39 is 0 Å². The van der Waals surface area contributed by atoms with Crippen LogP contribution in [-0.2, 0) is 14.1 Å². The number of anilines is 1. The Kier molecular flexibility index (Phi) is 7.15. The zero-order valence-corrected chi connectivity index (χ0v) is 19.4.